The van der Waals surface area contributed by atoms with Crippen LogP contribution in [0, 0.1) is 5.82 Å². The van der Waals surface area contributed by atoms with Crippen LogP contribution in [0.1, 0.15) is 0 Å². The minimum atomic E-state index is -0.397. The van der Waals surface area contributed by atoms with Crippen molar-refractivity contribution in [2.75, 3.05) is 26.2 Å². The van der Waals surface area contributed by atoms with Crippen molar-refractivity contribution in [3.63, 3.8) is 0 Å². The van der Waals surface area contributed by atoms with Gasteiger partial charge in [-0.2, -0.15) is 0 Å². The maximum Gasteiger partial charge on any atom is 0.239 e. The summed E-state index contributed by atoms with van der Waals surface area (Å²) >= 11 is 0. The van der Waals surface area contributed by atoms with Crippen LogP contribution in [0.2, 0.25) is 0 Å². The summed E-state index contributed by atoms with van der Waals surface area (Å²) in [5.41, 5.74) is 5.06. The van der Waals surface area contributed by atoms with Gasteiger partial charge in [-0.3, -0.25) is 9.59 Å². The van der Waals surface area contributed by atoms with Crippen molar-refractivity contribution in [2.24, 2.45) is 5.73 Å². The zero-order chi connectivity index (χ0) is 14.1. The number of amides is 2. The van der Waals surface area contributed by atoms with E-state index in [1.807, 2.05) is 0 Å². The summed E-state index contributed by atoms with van der Waals surface area (Å²) in [5, 5.41) is 4.87. The Labute approximate surface area is 110 Å². The third-order valence-electron chi connectivity index (χ3n) is 2.12. The van der Waals surface area contributed by atoms with Crippen LogP contribution in [0.4, 0.5) is 4.39 Å². The second-order valence-corrected chi connectivity index (χ2v) is 3.64. The molecule has 1 rings (SSSR count). The van der Waals surface area contributed by atoms with Crippen LogP contribution in [0.3, 0.4) is 0 Å². The van der Waals surface area contributed by atoms with Gasteiger partial charge in [-0.1, -0.05) is 6.07 Å². The summed E-state index contributed by atoms with van der Waals surface area (Å²) in [6, 6.07) is 5.72. The van der Waals surface area contributed by atoms with Gasteiger partial charge in [-0.15, -0.1) is 0 Å². The van der Waals surface area contributed by atoms with Crippen molar-refractivity contribution >= 4 is 11.8 Å². The second-order valence-electron chi connectivity index (χ2n) is 3.64. The van der Waals surface area contributed by atoms with E-state index in [9.17, 15) is 14.0 Å². The summed E-state index contributed by atoms with van der Waals surface area (Å²) in [7, 11) is 0. The summed E-state index contributed by atoms with van der Waals surface area (Å²) in [6.07, 6.45) is 0. The van der Waals surface area contributed by atoms with E-state index < -0.39 is 5.91 Å². The Morgan fingerprint density at radius 1 is 1.26 bits per heavy atom. The molecule has 0 aliphatic carbocycles. The van der Waals surface area contributed by atoms with E-state index in [2.05, 4.69) is 10.6 Å². The minimum Gasteiger partial charge on any atom is -0.492 e. The number of rotatable bonds is 7. The molecule has 0 unspecified atom stereocenters. The van der Waals surface area contributed by atoms with E-state index in [0.717, 1.165) is 0 Å². The molecule has 1 aromatic rings. The molecule has 0 spiro atoms. The van der Waals surface area contributed by atoms with Crippen LogP contribution in [-0.4, -0.2) is 38.1 Å². The Hall–Kier alpha value is -2.15. The van der Waals surface area contributed by atoms with Crippen LogP contribution in [-0.2, 0) is 9.59 Å². The Morgan fingerprint density at radius 3 is 2.74 bits per heavy atom. The normalized spacial score (nSPS) is 9.79. The molecule has 6 nitrogen and oxygen atoms in total. The molecule has 0 radical (unpaired) electrons. The maximum atomic E-state index is 12.8. The van der Waals surface area contributed by atoms with Crippen LogP contribution < -0.4 is 21.1 Å². The minimum absolute atomic E-state index is 0.129. The molecule has 19 heavy (non-hydrogen) atoms. The fraction of sp³-hybridized carbons (Fsp3) is 0.333. The first-order valence-electron chi connectivity index (χ1n) is 5.73. The zero-order valence-corrected chi connectivity index (χ0v) is 10.3. The van der Waals surface area contributed by atoms with E-state index in [4.69, 9.17) is 10.5 Å². The lowest BCUT2D eigenvalue weighted by Crippen LogP contribution is -2.40. The molecule has 0 saturated heterocycles. The van der Waals surface area contributed by atoms with Crippen molar-refractivity contribution in [1.29, 1.82) is 0 Å². The fourth-order valence-electron chi connectivity index (χ4n) is 1.23. The summed E-state index contributed by atoms with van der Waals surface area (Å²) in [6.45, 7) is 0.180. The maximum absolute atomic E-state index is 12.8. The largest absolute Gasteiger partial charge is 0.492 e. The van der Waals surface area contributed by atoms with Crippen LogP contribution >= 0.6 is 0 Å². The molecule has 0 heterocycles. The predicted molar refractivity (Wildman–Crippen MR) is 67.0 cm³/mol. The summed E-state index contributed by atoms with van der Waals surface area (Å²) < 4.78 is 18.0. The second kappa shape index (κ2) is 8.04. The highest BCUT2D eigenvalue weighted by Crippen LogP contribution is 2.11. The lowest BCUT2D eigenvalue weighted by molar-refractivity contribution is -0.125. The van der Waals surface area contributed by atoms with E-state index in [0.29, 0.717) is 5.75 Å². The molecule has 0 aliphatic heterocycles. The van der Waals surface area contributed by atoms with Crippen molar-refractivity contribution in [3.05, 3.63) is 30.1 Å². The zero-order valence-electron chi connectivity index (χ0n) is 10.3. The standard InChI is InChI=1S/C12H16FN3O3/c13-9-2-1-3-10(6-9)19-5-4-15-12(18)8-16-11(17)7-14/h1-3,6H,4-5,7-8,14H2,(H,15,18)(H,16,17). The molecule has 1 aromatic carbocycles. The van der Waals surface area contributed by atoms with Crippen LogP contribution in [0.5, 0.6) is 5.75 Å². The number of hydrogen-bond donors (Lipinski definition) is 3. The number of ether oxygens (including phenoxy) is 1. The van der Waals surface area contributed by atoms with Gasteiger partial charge in [0.2, 0.25) is 11.8 Å². The predicted octanol–water partition coefficient (Wildman–Crippen LogP) is -0.604. The Bertz CT molecular complexity index is 440. The molecule has 0 saturated carbocycles. The van der Waals surface area contributed by atoms with E-state index >= 15 is 0 Å². The topological polar surface area (TPSA) is 93.5 Å². The fourth-order valence-corrected chi connectivity index (χ4v) is 1.23. The third kappa shape index (κ3) is 6.37. The highest BCUT2D eigenvalue weighted by molar-refractivity contribution is 5.85. The first-order chi connectivity index (χ1) is 9.11. The van der Waals surface area contributed by atoms with Gasteiger partial charge in [-0.05, 0) is 12.1 Å². The number of nitrogens with one attached hydrogen (secondary N) is 2. The van der Waals surface area contributed by atoms with Crippen LogP contribution in [0.15, 0.2) is 24.3 Å². The molecule has 0 aromatic heterocycles. The van der Waals surface area contributed by atoms with Gasteiger partial charge in [0.15, 0.2) is 0 Å². The van der Waals surface area contributed by atoms with Crippen molar-refractivity contribution in [1.82, 2.24) is 10.6 Å². The number of nitrogens with two attached hydrogens (primary N) is 1. The molecular weight excluding hydrogens is 253 g/mol. The Kier molecular flexibility index (Phi) is 6.31. The number of hydrogen-bond acceptors (Lipinski definition) is 4. The van der Waals surface area contributed by atoms with Gasteiger partial charge < -0.3 is 21.1 Å². The molecule has 0 atom stereocenters. The molecule has 2 amide bonds. The molecule has 104 valence electrons. The van der Waals surface area contributed by atoms with Gasteiger partial charge in [0, 0.05) is 6.07 Å². The average Bonchev–Trinajstić information content (AvgIpc) is 2.41. The molecular formula is C12H16FN3O3. The molecule has 0 bridgehead atoms. The van der Waals surface area contributed by atoms with Gasteiger partial charge in [0.1, 0.15) is 18.2 Å². The first kappa shape index (κ1) is 14.9. The van der Waals surface area contributed by atoms with Gasteiger partial charge in [0.25, 0.3) is 0 Å². The molecule has 4 N–H and O–H groups in total. The Balaban J connectivity index is 2.13. The summed E-state index contributed by atoms with van der Waals surface area (Å²) in [5.74, 6) is -0.729. The molecule has 7 heteroatoms. The Morgan fingerprint density at radius 2 is 2.05 bits per heavy atom. The van der Waals surface area contributed by atoms with Crippen molar-refractivity contribution < 1.29 is 18.7 Å². The molecule has 0 fully saturated rings. The number of carbonyl (C=O) groups excluding carboxylic acids is 2. The van der Waals surface area contributed by atoms with Gasteiger partial charge in [0.05, 0.1) is 19.6 Å². The van der Waals surface area contributed by atoms with Crippen LogP contribution in [0.25, 0.3) is 0 Å². The first-order valence-corrected chi connectivity index (χ1v) is 5.73. The molecule has 0 aliphatic rings. The lowest BCUT2D eigenvalue weighted by atomic mass is 10.3. The van der Waals surface area contributed by atoms with Crippen molar-refractivity contribution in [2.45, 2.75) is 0 Å². The van der Waals surface area contributed by atoms with E-state index in [-0.39, 0.29) is 38.0 Å². The smallest absolute Gasteiger partial charge is 0.239 e. The monoisotopic (exact) mass is 269 g/mol. The van der Waals surface area contributed by atoms with Gasteiger partial charge >= 0.3 is 0 Å². The third-order valence-corrected chi connectivity index (χ3v) is 2.12. The number of carbonyl (C=O) groups is 2. The SMILES string of the molecule is NCC(=O)NCC(=O)NCCOc1cccc(F)c1. The van der Waals surface area contributed by atoms with E-state index in [1.54, 1.807) is 6.07 Å². The average molecular weight is 269 g/mol. The highest BCUT2D eigenvalue weighted by Gasteiger charge is 2.03. The van der Waals surface area contributed by atoms with Gasteiger partial charge in [-0.25, -0.2) is 4.39 Å². The number of benzene rings is 1. The number of halogens is 1. The quantitative estimate of drug-likeness (QED) is 0.576. The highest BCUT2D eigenvalue weighted by atomic mass is 19.1. The summed E-state index contributed by atoms with van der Waals surface area (Å²) in [4.78, 5) is 22.0. The van der Waals surface area contributed by atoms with Crippen molar-refractivity contribution in [3.8, 4) is 5.75 Å². The lowest BCUT2D eigenvalue weighted by Gasteiger charge is -2.08. The van der Waals surface area contributed by atoms with E-state index in [1.165, 1.54) is 18.2 Å².